The fourth-order valence-electron chi connectivity index (χ4n) is 0.982. The maximum absolute atomic E-state index is 11.2. The van der Waals surface area contributed by atoms with Crippen molar-refractivity contribution in [2.75, 3.05) is 6.61 Å². The SMILES string of the molecule is CCCCOC(=O)Cn1cc(C(=O)O)nn1. The van der Waals surface area contributed by atoms with Crippen LogP contribution in [0.15, 0.2) is 6.20 Å². The molecule has 16 heavy (non-hydrogen) atoms. The summed E-state index contributed by atoms with van der Waals surface area (Å²) in [5.41, 5.74) is -0.193. The number of carboxylic acid groups (broad SMARTS) is 1. The van der Waals surface area contributed by atoms with Gasteiger partial charge in [-0.15, -0.1) is 5.10 Å². The average Bonchev–Trinajstić information content (AvgIpc) is 2.66. The number of unbranched alkanes of at least 4 members (excludes halogenated alkanes) is 1. The van der Waals surface area contributed by atoms with Gasteiger partial charge < -0.3 is 9.84 Å². The van der Waals surface area contributed by atoms with Crippen molar-refractivity contribution in [3.05, 3.63) is 11.9 Å². The molecular weight excluding hydrogens is 214 g/mol. The summed E-state index contributed by atoms with van der Waals surface area (Å²) in [7, 11) is 0. The third-order valence-electron chi connectivity index (χ3n) is 1.81. The highest BCUT2D eigenvalue weighted by Gasteiger charge is 2.10. The van der Waals surface area contributed by atoms with Crippen molar-refractivity contribution in [1.82, 2.24) is 15.0 Å². The first kappa shape index (κ1) is 12.2. The molecule has 0 unspecified atom stereocenters. The largest absolute Gasteiger partial charge is 0.476 e. The van der Waals surface area contributed by atoms with Gasteiger partial charge in [0.1, 0.15) is 6.54 Å². The number of rotatable bonds is 6. The highest BCUT2D eigenvalue weighted by molar-refractivity contribution is 5.84. The summed E-state index contributed by atoms with van der Waals surface area (Å²) in [5, 5.41) is 15.4. The number of aromatic nitrogens is 3. The van der Waals surface area contributed by atoms with Gasteiger partial charge >= 0.3 is 11.9 Å². The number of hydrogen-bond acceptors (Lipinski definition) is 5. The Morgan fingerprint density at radius 3 is 2.88 bits per heavy atom. The third kappa shape index (κ3) is 3.68. The Labute approximate surface area is 92.0 Å². The van der Waals surface area contributed by atoms with Gasteiger partial charge in [-0.2, -0.15) is 0 Å². The molecule has 1 N–H and O–H groups in total. The van der Waals surface area contributed by atoms with Crippen molar-refractivity contribution in [1.29, 1.82) is 0 Å². The van der Waals surface area contributed by atoms with Crippen molar-refractivity contribution >= 4 is 11.9 Å². The van der Waals surface area contributed by atoms with E-state index in [9.17, 15) is 9.59 Å². The molecule has 0 aliphatic carbocycles. The van der Waals surface area contributed by atoms with Gasteiger partial charge in [-0.1, -0.05) is 18.6 Å². The van der Waals surface area contributed by atoms with Gasteiger partial charge in [0.25, 0.3) is 0 Å². The second-order valence-electron chi connectivity index (χ2n) is 3.18. The molecule has 0 aliphatic rings. The molecular formula is C9H13N3O4. The van der Waals surface area contributed by atoms with E-state index < -0.39 is 11.9 Å². The maximum Gasteiger partial charge on any atom is 0.358 e. The first-order chi connectivity index (χ1) is 7.63. The number of ether oxygens (including phenoxy) is 1. The predicted octanol–water partition coefficient (Wildman–Crippen LogP) is 0.320. The van der Waals surface area contributed by atoms with E-state index in [2.05, 4.69) is 10.3 Å². The number of esters is 1. The minimum absolute atomic E-state index is 0.121. The lowest BCUT2D eigenvalue weighted by atomic mass is 10.4. The van der Waals surface area contributed by atoms with E-state index in [1.807, 2.05) is 6.92 Å². The number of nitrogens with zero attached hydrogens (tertiary/aromatic N) is 3. The molecule has 0 bridgehead atoms. The van der Waals surface area contributed by atoms with E-state index in [0.717, 1.165) is 17.5 Å². The normalized spacial score (nSPS) is 10.1. The zero-order valence-corrected chi connectivity index (χ0v) is 8.92. The molecule has 0 saturated carbocycles. The summed E-state index contributed by atoms with van der Waals surface area (Å²) in [6.07, 6.45) is 2.94. The molecule has 7 nitrogen and oxygen atoms in total. The molecule has 1 rings (SSSR count). The monoisotopic (exact) mass is 227 g/mol. The summed E-state index contributed by atoms with van der Waals surface area (Å²) >= 11 is 0. The summed E-state index contributed by atoms with van der Waals surface area (Å²) < 4.78 is 6.02. The van der Waals surface area contributed by atoms with E-state index in [4.69, 9.17) is 9.84 Å². The first-order valence-corrected chi connectivity index (χ1v) is 4.92. The summed E-state index contributed by atoms with van der Waals surface area (Å²) in [6, 6.07) is 0. The first-order valence-electron chi connectivity index (χ1n) is 4.92. The van der Waals surface area contributed by atoms with Crippen LogP contribution < -0.4 is 0 Å². The Morgan fingerprint density at radius 2 is 2.31 bits per heavy atom. The molecule has 0 amide bonds. The fraction of sp³-hybridized carbons (Fsp3) is 0.556. The van der Waals surface area contributed by atoms with Gasteiger partial charge in [0, 0.05) is 0 Å². The van der Waals surface area contributed by atoms with E-state index >= 15 is 0 Å². The van der Waals surface area contributed by atoms with Crippen LogP contribution >= 0.6 is 0 Å². The van der Waals surface area contributed by atoms with E-state index in [-0.39, 0.29) is 12.2 Å². The van der Waals surface area contributed by atoms with Crippen LogP contribution in [0.4, 0.5) is 0 Å². The summed E-state index contributed by atoms with van der Waals surface area (Å²) in [6.45, 7) is 2.24. The van der Waals surface area contributed by atoms with Crippen LogP contribution in [0.2, 0.25) is 0 Å². The van der Waals surface area contributed by atoms with Crippen LogP contribution in [-0.4, -0.2) is 38.6 Å². The third-order valence-corrected chi connectivity index (χ3v) is 1.81. The zero-order chi connectivity index (χ0) is 12.0. The van der Waals surface area contributed by atoms with E-state index in [1.54, 1.807) is 0 Å². The lowest BCUT2D eigenvalue weighted by Gasteiger charge is -2.02. The Bertz CT molecular complexity index is 375. The molecule has 0 spiro atoms. The molecule has 0 aliphatic heterocycles. The fourth-order valence-corrected chi connectivity index (χ4v) is 0.982. The number of aromatic carboxylic acids is 1. The molecule has 0 saturated heterocycles. The lowest BCUT2D eigenvalue weighted by molar-refractivity contribution is -0.144. The Kier molecular flexibility index (Phi) is 4.43. The maximum atomic E-state index is 11.2. The van der Waals surface area contributed by atoms with Crippen LogP contribution in [0.25, 0.3) is 0 Å². The number of carbonyl (C=O) groups is 2. The standard InChI is InChI=1S/C9H13N3O4/c1-2-3-4-16-8(13)6-12-5-7(9(14)15)10-11-12/h5H,2-4,6H2,1H3,(H,14,15). The lowest BCUT2D eigenvalue weighted by Crippen LogP contribution is -2.14. The molecule has 0 fully saturated rings. The van der Waals surface area contributed by atoms with Gasteiger partial charge in [0.15, 0.2) is 5.69 Å². The van der Waals surface area contributed by atoms with Gasteiger partial charge in [-0.3, -0.25) is 4.79 Å². The molecule has 0 radical (unpaired) electrons. The topological polar surface area (TPSA) is 94.3 Å². The van der Waals surface area contributed by atoms with Crippen LogP contribution in [-0.2, 0) is 16.1 Å². The Balaban J connectivity index is 2.40. The smallest absolute Gasteiger partial charge is 0.358 e. The minimum atomic E-state index is -1.18. The highest BCUT2D eigenvalue weighted by atomic mass is 16.5. The van der Waals surface area contributed by atoms with E-state index in [0.29, 0.717) is 6.61 Å². The van der Waals surface area contributed by atoms with Crippen LogP contribution in [0.5, 0.6) is 0 Å². The van der Waals surface area contributed by atoms with Gasteiger partial charge in [-0.05, 0) is 6.42 Å². The number of carboxylic acids is 1. The van der Waals surface area contributed by atoms with Crippen molar-refractivity contribution in [3.8, 4) is 0 Å². The van der Waals surface area contributed by atoms with Gasteiger partial charge in [0.05, 0.1) is 12.8 Å². The Morgan fingerprint density at radius 1 is 1.56 bits per heavy atom. The van der Waals surface area contributed by atoms with E-state index in [1.165, 1.54) is 6.20 Å². The Hall–Kier alpha value is -1.92. The molecule has 1 aromatic heterocycles. The number of carbonyl (C=O) groups excluding carboxylic acids is 1. The van der Waals surface area contributed by atoms with Crippen LogP contribution in [0.1, 0.15) is 30.3 Å². The zero-order valence-electron chi connectivity index (χ0n) is 8.92. The average molecular weight is 227 g/mol. The molecule has 0 aromatic carbocycles. The second kappa shape index (κ2) is 5.84. The van der Waals surface area contributed by atoms with Crippen molar-refractivity contribution in [2.45, 2.75) is 26.3 Å². The molecule has 1 heterocycles. The number of hydrogen-bond donors (Lipinski definition) is 1. The van der Waals surface area contributed by atoms with Crippen molar-refractivity contribution < 1.29 is 19.4 Å². The van der Waals surface area contributed by atoms with Crippen molar-refractivity contribution in [3.63, 3.8) is 0 Å². The van der Waals surface area contributed by atoms with Crippen LogP contribution in [0.3, 0.4) is 0 Å². The van der Waals surface area contributed by atoms with Gasteiger partial charge in [-0.25, -0.2) is 9.48 Å². The van der Waals surface area contributed by atoms with Gasteiger partial charge in [0.2, 0.25) is 0 Å². The molecule has 1 aromatic rings. The molecule has 7 heteroatoms. The summed E-state index contributed by atoms with van der Waals surface area (Å²) in [5.74, 6) is -1.62. The van der Waals surface area contributed by atoms with Crippen molar-refractivity contribution in [2.24, 2.45) is 0 Å². The summed E-state index contributed by atoms with van der Waals surface area (Å²) in [4.78, 5) is 21.7. The predicted molar refractivity (Wildman–Crippen MR) is 52.8 cm³/mol. The second-order valence-corrected chi connectivity index (χ2v) is 3.18. The minimum Gasteiger partial charge on any atom is -0.476 e. The quantitative estimate of drug-likeness (QED) is 0.555. The highest BCUT2D eigenvalue weighted by Crippen LogP contribution is 1.95. The van der Waals surface area contributed by atoms with Crippen LogP contribution in [0, 0.1) is 0 Å². The molecule has 0 atom stereocenters. The molecule has 88 valence electrons.